The van der Waals surface area contributed by atoms with Gasteiger partial charge in [-0.1, -0.05) is 18.2 Å². The van der Waals surface area contributed by atoms with Crippen LogP contribution in [0.2, 0.25) is 0 Å². The van der Waals surface area contributed by atoms with Gasteiger partial charge in [0.25, 0.3) is 0 Å². The van der Waals surface area contributed by atoms with Gasteiger partial charge in [-0.05, 0) is 37.3 Å². The Morgan fingerprint density at radius 2 is 1.81 bits per heavy atom. The highest BCUT2D eigenvalue weighted by atomic mass is 19.1. The summed E-state index contributed by atoms with van der Waals surface area (Å²) in [4.78, 5) is 8.97. The fourth-order valence-electron chi connectivity index (χ4n) is 2.47. The molecular formula is C17H11FN2O. The van der Waals surface area contributed by atoms with Gasteiger partial charge in [0, 0.05) is 10.9 Å². The molecule has 0 saturated heterocycles. The molecule has 0 atom stereocenters. The first-order chi connectivity index (χ1) is 10.2. The summed E-state index contributed by atoms with van der Waals surface area (Å²) in [7, 11) is 0. The minimum absolute atomic E-state index is 0.313. The molecule has 0 N–H and O–H groups in total. The Morgan fingerprint density at radius 3 is 2.62 bits per heavy atom. The van der Waals surface area contributed by atoms with E-state index in [1.54, 1.807) is 6.07 Å². The predicted molar refractivity (Wildman–Crippen MR) is 79.4 cm³/mol. The van der Waals surface area contributed by atoms with E-state index >= 15 is 0 Å². The maximum absolute atomic E-state index is 13.5. The Hall–Kier alpha value is -2.75. The zero-order valence-electron chi connectivity index (χ0n) is 11.3. The first-order valence-electron chi connectivity index (χ1n) is 6.64. The Labute approximate surface area is 120 Å². The van der Waals surface area contributed by atoms with E-state index in [-0.39, 0.29) is 5.82 Å². The van der Waals surface area contributed by atoms with Crippen LogP contribution in [0.25, 0.3) is 33.5 Å². The van der Waals surface area contributed by atoms with Crippen LogP contribution in [0, 0.1) is 12.7 Å². The molecule has 0 saturated carbocycles. The van der Waals surface area contributed by atoms with Crippen LogP contribution in [-0.4, -0.2) is 9.97 Å². The SMILES string of the molecule is Cc1nc2ccc(F)cc2c2oc(-c3ccccc3)nc12. The third-order valence-corrected chi connectivity index (χ3v) is 3.48. The lowest BCUT2D eigenvalue weighted by Gasteiger charge is -2.00. The van der Waals surface area contributed by atoms with Crippen molar-refractivity contribution in [3.8, 4) is 11.5 Å². The van der Waals surface area contributed by atoms with Crippen LogP contribution >= 0.6 is 0 Å². The van der Waals surface area contributed by atoms with Crippen LogP contribution in [0.15, 0.2) is 52.9 Å². The van der Waals surface area contributed by atoms with Gasteiger partial charge in [-0.3, -0.25) is 4.98 Å². The molecule has 4 aromatic rings. The highest BCUT2D eigenvalue weighted by molar-refractivity contribution is 6.02. The summed E-state index contributed by atoms with van der Waals surface area (Å²) in [5.41, 5.74) is 3.62. The third-order valence-electron chi connectivity index (χ3n) is 3.48. The maximum Gasteiger partial charge on any atom is 0.227 e. The van der Waals surface area contributed by atoms with Crippen LogP contribution in [0.1, 0.15) is 5.69 Å². The molecule has 0 aliphatic heterocycles. The molecule has 2 aromatic heterocycles. The van der Waals surface area contributed by atoms with Crippen LogP contribution in [-0.2, 0) is 0 Å². The quantitative estimate of drug-likeness (QED) is 0.515. The van der Waals surface area contributed by atoms with Crippen molar-refractivity contribution in [2.75, 3.05) is 0 Å². The molecule has 3 nitrogen and oxygen atoms in total. The number of halogens is 1. The largest absolute Gasteiger partial charge is 0.435 e. The van der Waals surface area contributed by atoms with Crippen molar-refractivity contribution < 1.29 is 8.81 Å². The minimum Gasteiger partial charge on any atom is -0.435 e. The molecule has 0 unspecified atom stereocenters. The van der Waals surface area contributed by atoms with Crippen molar-refractivity contribution in [2.45, 2.75) is 6.92 Å². The monoisotopic (exact) mass is 278 g/mol. The van der Waals surface area contributed by atoms with E-state index in [0.29, 0.717) is 27.9 Å². The van der Waals surface area contributed by atoms with Crippen molar-refractivity contribution in [1.29, 1.82) is 0 Å². The number of nitrogens with zero attached hydrogens (tertiary/aromatic N) is 2. The molecule has 0 bridgehead atoms. The molecule has 0 amide bonds. The number of fused-ring (bicyclic) bond motifs is 3. The first-order valence-corrected chi connectivity index (χ1v) is 6.64. The molecule has 0 spiro atoms. The number of benzene rings is 2. The summed E-state index contributed by atoms with van der Waals surface area (Å²) >= 11 is 0. The van der Waals surface area contributed by atoms with Gasteiger partial charge in [0.1, 0.15) is 11.3 Å². The second-order valence-electron chi connectivity index (χ2n) is 4.92. The maximum atomic E-state index is 13.5. The highest BCUT2D eigenvalue weighted by Gasteiger charge is 2.14. The first kappa shape index (κ1) is 12.0. The van der Waals surface area contributed by atoms with Crippen LogP contribution in [0.5, 0.6) is 0 Å². The van der Waals surface area contributed by atoms with Crippen LogP contribution in [0.3, 0.4) is 0 Å². The Morgan fingerprint density at radius 1 is 1.00 bits per heavy atom. The summed E-state index contributed by atoms with van der Waals surface area (Å²) < 4.78 is 19.4. The lowest BCUT2D eigenvalue weighted by Crippen LogP contribution is -1.87. The van der Waals surface area contributed by atoms with E-state index in [1.807, 2.05) is 37.3 Å². The smallest absolute Gasteiger partial charge is 0.227 e. The Balaban J connectivity index is 2.08. The summed E-state index contributed by atoms with van der Waals surface area (Å²) in [6, 6.07) is 14.1. The molecule has 0 radical (unpaired) electrons. The summed E-state index contributed by atoms with van der Waals surface area (Å²) in [6.07, 6.45) is 0. The second-order valence-corrected chi connectivity index (χ2v) is 4.92. The van der Waals surface area contributed by atoms with Gasteiger partial charge in [0.05, 0.1) is 11.2 Å². The molecule has 0 aliphatic rings. The van der Waals surface area contributed by atoms with Crippen molar-refractivity contribution in [3.63, 3.8) is 0 Å². The molecule has 4 rings (SSSR count). The average Bonchev–Trinajstić information content (AvgIpc) is 2.95. The van der Waals surface area contributed by atoms with Gasteiger partial charge in [0.15, 0.2) is 5.58 Å². The number of oxazole rings is 1. The predicted octanol–water partition coefficient (Wildman–Crippen LogP) is 4.49. The second kappa shape index (κ2) is 4.38. The fraction of sp³-hybridized carbons (Fsp3) is 0.0588. The topological polar surface area (TPSA) is 38.9 Å². The molecule has 0 fully saturated rings. The standard InChI is InChI=1S/C17H11FN2O/c1-10-15-16(13-9-12(18)7-8-14(13)19-10)21-17(20-15)11-5-3-2-4-6-11/h2-9H,1H3. The molecule has 2 heterocycles. The Kier molecular flexibility index (Phi) is 2.51. The van der Waals surface area contributed by atoms with Crippen LogP contribution in [0.4, 0.5) is 4.39 Å². The summed E-state index contributed by atoms with van der Waals surface area (Å²) in [5.74, 6) is 0.208. The van der Waals surface area contributed by atoms with Gasteiger partial charge >= 0.3 is 0 Å². The highest BCUT2D eigenvalue weighted by Crippen LogP contribution is 2.31. The van der Waals surface area contributed by atoms with E-state index in [0.717, 1.165) is 11.3 Å². The van der Waals surface area contributed by atoms with E-state index in [2.05, 4.69) is 9.97 Å². The van der Waals surface area contributed by atoms with E-state index < -0.39 is 0 Å². The number of hydrogen-bond acceptors (Lipinski definition) is 3. The molecular weight excluding hydrogens is 267 g/mol. The summed E-state index contributed by atoms with van der Waals surface area (Å²) in [6.45, 7) is 1.88. The van der Waals surface area contributed by atoms with E-state index in [9.17, 15) is 4.39 Å². The van der Waals surface area contributed by atoms with E-state index in [1.165, 1.54) is 12.1 Å². The normalized spacial score (nSPS) is 11.3. The molecule has 21 heavy (non-hydrogen) atoms. The van der Waals surface area contributed by atoms with Gasteiger partial charge in [-0.2, -0.15) is 0 Å². The van der Waals surface area contributed by atoms with Gasteiger partial charge < -0.3 is 4.42 Å². The van der Waals surface area contributed by atoms with Crippen molar-refractivity contribution in [3.05, 3.63) is 60.0 Å². The summed E-state index contributed by atoms with van der Waals surface area (Å²) in [5, 5.41) is 0.644. The Bertz CT molecular complexity index is 961. The number of hydrogen-bond donors (Lipinski definition) is 0. The number of aryl methyl sites for hydroxylation is 1. The third kappa shape index (κ3) is 1.88. The van der Waals surface area contributed by atoms with Crippen LogP contribution < -0.4 is 0 Å². The minimum atomic E-state index is -0.313. The molecule has 2 aromatic carbocycles. The van der Waals surface area contributed by atoms with E-state index in [4.69, 9.17) is 4.42 Å². The lowest BCUT2D eigenvalue weighted by atomic mass is 10.2. The van der Waals surface area contributed by atoms with Crippen molar-refractivity contribution >= 4 is 22.0 Å². The zero-order valence-corrected chi connectivity index (χ0v) is 11.3. The van der Waals surface area contributed by atoms with Gasteiger partial charge in [-0.25, -0.2) is 9.37 Å². The molecule has 0 aliphatic carbocycles. The van der Waals surface area contributed by atoms with Gasteiger partial charge in [0.2, 0.25) is 5.89 Å². The van der Waals surface area contributed by atoms with Crippen molar-refractivity contribution in [1.82, 2.24) is 9.97 Å². The number of pyridine rings is 1. The molecule has 102 valence electrons. The van der Waals surface area contributed by atoms with Gasteiger partial charge in [-0.15, -0.1) is 0 Å². The van der Waals surface area contributed by atoms with Crippen molar-refractivity contribution in [2.24, 2.45) is 0 Å². The number of aromatic nitrogens is 2. The molecule has 4 heteroatoms. The zero-order chi connectivity index (χ0) is 14.4. The average molecular weight is 278 g/mol. The lowest BCUT2D eigenvalue weighted by molar-refractivity contribution is 0.619. The fourth-order valence-corrected chi connectivity index (χ4v) is 2.47. The number of rotatable bonds is 1.